The Morgan fingerprint density at radius 1 is 1.42 bits per heavy atom. The Morgan fingerprint density at radius 3 is 2.25 bits per heavy atom. The molecule has 0 bridgehead atoms. The van der Waals surface area contributed by atoms with Gasteiger partial charge in [-0.2, -0.15) is 0 Å². The second kappa shape index (κ2) is 6.41. The van der Waals surface area contributed by atoms with E-state index in [1.165, 1.54) is 12.2 Å². The average Bonchev–Trinajstić information content (AvgIpc) is 2.04. The Bertz CT molecular complexity index is 231. The quantitative estimate of drug-likeness (QED) is 0.481. The lowest BCUT2D eigenvalue weighted by molar-refractivity contribution is 0.222. The highest BCUT2D eigenvalue weighted by Gasteiger charge is 2.20. The molecule has 0 N–H and O–H groups in total. The molecule has 0 aliphatic heterocycles. The largest absolute Gasteiger partial charge is 0.334 e. The minimum Gasteiger partial charge on any atom is -0.309 e. The maximum Gasteiger partial charge on any atom is 0.334 e. The van der Waals surface area contributed by atoms with Gasteiger partial charge >= 0.3 is 7.60 Å². The van der Waals surface area contributed by atoms with Crippen LogP contribution < -0.4 is 0 Å². The van der Waals surface area contributed by atoms with Crippen LogP contribution in [0.5, 0.6) is 0 Å². The molecular weight excluding hydrogens is 175 g/mol. The first-order chi connectivity index (χ1) is 6.43. The highest BCUT2D eigenvalue weighted by atomic mass is 31.2. The van der Waals surface area contributed by atoms with Gasteiger partial charge in [-0.05, 0) is 20.8 Å². The zero-order valence-corrected chi connectivity index (χ0v) is 8.64. The number of allylic oxidation sites excluding steroid dienone is 2. The van der Waals surface area contributed by atoms with E-state index in [0.29, 0.717) is 0 Å². The summed E-state index contributed by atoms with van der Waals surface area (Å²) in [4.78, 5) is 0. The summed E-state index contributed by atoms with van der Waals surface area (Å²) in [7, 11) is -3.69. The van der Waals surface area contributed by atoms with Gasteiger partial charge in [0.2, 0.25) is 0 Å². The van der Waals surface area contributed by atoms with E-state index < -0.39 is 13.7 Å². The number of hydrogen-bond acceptors (Lipinski definition) is 3. The van der Waals surface area contributed by atoms with Crippen LogP contribution in [-0.4, -0.2) is 19.3 Å². The molecule has 0 radical (unpaired) electrons. The molecule has 0 saturated carbocycles. The van der Waals surface area contributed by atoms with Crippen molar-refractivity contribution in [3.05, 3.63) is 12.2 Å². The van der Waals surface area contributed by atoms with E-state index in [0.717, 1.165) is 0 Å². The molecule has 3 nitrogen and oxygen atoms in total. The fourth-order valence-corrected chi connectivity index (χ4v) is 1.85. The van der Waals surface area contributed by atoms with Crippen molar-refractivity contribution in [3.63, 3.8) is 0 Å². The van der Waals surface area contributed by atoms with Gasteiger partial charge < -0.3 is 9.05 Å². The van der Waals surface area contributed by atoms with Gasteiger partial charge in [0, 0.05) is 2.74 Å². The predicted octanol–water partition coefficient (Wildman–Crippen LogP) is 2.83. The summed E-state index contributed by atoms with van der Waals surface area (Å²) in [6.45, 7) is 5.28. The average molecular weight is 194 g/mol. The second-order valence-electron chi connectivity index (χ2n) is 1.96. The van der Waals surface area contributed by atoms with Crippen LogP contribution in [0.15, 0.2) is 12.2 Å². The standard InChI is InChI=1S/C8H17O3P/c1-4-7-8-12(9,10-5-2)11-6-3/h4,7H,5-6,8H2,1-3H3/b7-4+/i8D2. The van der Waals surface area contributed by atoms with Crippen molar-refractivity contribution in [2.24, 2.45) is 0 Å². The van der Waals surface area contributed by atoms with Crippen molar-refractivity contribution in [3.8, 4) is 0 Å². The molecule has 0 aromatic heterocycles. The van der Waals surface area contributed by atoms with Gasteiger partial charge in [0.25, 0.3) is 0 Å². The minimum atomic E-state index is -3.69. The lowest BCUT2D eigenvalue weighted by Crippen LogP contribution is -1.98. The summed E-state index contributed by atoms with van der Waals surface area (Å²) in [5.41, 5.74) is 0. The summed E-state index contributed by atoms with van der Waals surface area (Å²) >= 11 is 0. The number of rotatable bonds is 6. The topological polar surface area (TPSA) is 35.5 Å². The Balaban J connectivity index is 4.88. The van der Waals surface area contributed by atoms with Crippen molar-refractivity contribution < 1.29 is 16.4 Å². The van der Waals surface area contributed by atoms with Crippen LogP contribution in [0.1, 0.15) is 23.5 Å². The summed E-state index contributed by atoms with van der Waals surface area (Å²) in [6, 6.07) is 0. The van der Waals surface area contributed by atoms with E-state index in [2.05, 4.69) is 0 Å². The van der Waals surface area contributed by atoms with Crippen molar-refractivity contribution in [2.75, 3.05) is 19.3 Å². The molecule has 4 heteroatoms. The molecule has 12 heavy (non-hydrogen) atoms. The molecule has 0 heterocycles. The van der Waals surface area contributed by atoms with Gasteiger partial charge in [-0.15, -0.1) is 0 Å². The van der Waals surface area contributed by atoms with Gasteiger partial charge in [0.1, 0.15) is 0 Å². The lowest BCUT2D eigenvalue weighted by atomic mass is 10.6. The van der Waals surface area contributed by atoms with Crippen molar-refractivity contribution >= 4 is 7.60 Å². The van der Waals surface area contributed by atoms with Crippen LogP contribution in [-0.2, 0) is 13.6 Å². The zero-order valence-electron chi connectivity index (χ0n) is 9.74. The van der Waals surface area contributed by atoms with Gasteiger partial charge in [0.05, 0.1) is 19.3 Å². The van der Waals surface area contributed by atoms with Crippen LogP contribution in [0.4, 0.5) is 0 Å². The molecule has 0 aliphatic rings. The first-order valence-corrected chi connectivity index (χ1v) is 5.50. The van der Waals surface area contributed by atoms with Crippen LogP contribution >= 0.6 is 7.60 Å². The summed E-state index contributed by atoms with van der Waals surface area (Å²) in [5, 5.41) is 0. The van der Waals surface area contributed by atoms with Gasteiger partial charge in [-0.3, -0.25) is 4.57 Å². The van der Waals surface area contributed by atoms with E-state index >= 15 is 0 Å². The Kier molecular flexibility index (Phi) is 4.53. The molecule has 0 amide bonds. The zero-order chi connectivity index (χ0) is 11.2. The van der Waals surface area contributed by atoms with Crippen molar-refractivity contribution in [2.45, 2.75) is 20.8 Å². The molecule has 0 saturated heterocycles. The first kappa shape index (κ1) is 8.49. The molecule has 72 valence electrons. The Hall–Kier alpha value is -0.110. The molecule has 0 aliphatic carbocycles. The monoisotopic (exact) mass is 194 g/mol. The Morgan fingerprint density at radius 2 is 1.92 bits per heavy atom. The molecule has 0 rings (SSSR count). The first-order valence-electron chi connectivity index (χ1n) is 4.96. The SMILES string of the molecule is [2H]C([2H])(/C=C/C)P(=O)(OCC)OCC. The maximum atomic E-state index is 12.0. The number of hydrogen-bond donors (Lipinski definition) is 0. The van der Waals surface area contributed by atoms with Gasteiger partial charge in [-0.25, -0.2) is 0 Å². The molecule has 0 fully saturated rings. The molecule has 0 atom stereocenters. The Labute approximate surface area is 77.1 Å². The van der Waals surface area contributed by atoms with Crippen LogP contribution in [0.25, 0.3) is 0 Å². The van der Waals surface area contributed by atoms with E-state index in [-0.39, 0.29) is 13.2 Å². The third-order valence-corrected chi connectivity index (χ3v) is 2.66. The summed E-state index contributed by atoms with van der Waals surface area (Å²) in [5.74, 6) is 0. The predicted molar refractivity (Wildman–Crippen MR) is 50.5 cm³/mol. The third-order valence-electron chi connectivity index (χ3n) is 0.997. The molecule has 0 aromatic carbocycles. The minimum absolute atomic E-state index is 0.161. The van der Waals surface area contributed by atoms with Crippen LogP contribution in [0.2, 0.25) is 0 Å². The smallest absolute Gasteiger partial charge is 0.309 e. The fraction of sp³-hybridized carbons (Fsp3) is 0.750. The summed E-state index contributed by atoms with van der Waals surface area (Å²) < 4.78 is 36.8. The van der Waals surface area contributed by atoms with E-state index in [1.54, 1.807) is 20.8 Å². The normalized spacial score (nSPS) is 16.2. The lowest BCUT2D eigenvalue weighted by Gasteiger charge is -2.14. The fourth-order valence-electron chi connectivity index (χ4n) is 0.618. The highest BCUT2D eigenvalue weighted by molar-refractivity contribution is 7.54. The maximum absolute atomic E-state index is 12.0. The molecule has 0 aromatic rings. The van der Waals surface area contributed by atoms with E-state index in [1.807, 2.05) is 0 Å². The highest BCUT2D eigenvalue weighted by Crippen LogP contribution is 2.47. The molecule has 0 spiro atoms. The second-order valence-corrected chi connectivity index (χ2v) is 3.73. The van der Waals surface area contributed by atoms with Crippen molar-refractivity contribution in [1.29, 1.82) is 0 Å². The van der Waals surface area contributed by atoms with E-state index in [9.17, 15) is 4.57 Å². The van der Waals surface area contributed by atoms with Gasteiger partial charge in [-0.1, -0.05) is 12.2 Å². The van der Waals surface area contributed by atoms with E-state index in [4.69, 9.17) is 11.8 Å². The van der Waals surface area contributed by atoms with Gasteiger partial charge in [0.15, 0.2) is 0 Å². The third kappa shape index (κ3) is 4.70. The molecular formula is C8H17O3P. The van der Waals surface area contributed by atoms with Crippen LogP contribution in [0.3, 0.4) is 0 Å². The van der Waals surface area contributed by atoms with Crippen molar-refractivity contribution in [1.82, 2.24) is 0 Å². The van der Waals surface area contributed by atoms with Crippen LogP contribution in [0, 0.1) is 0 Å². The molecule has 0 unspecified atom stereocenters. The summed E-state index contributed by atoms with van der Waals surface area (Å²) in [6.07, 6.45) is 0.623.